The number of nitrogens with zero attached hydrogens (tertiary/aromatic N) is 1. The molecule has 0 fully saturated rings. The second-order valence-corrected chi connectivity index (χ2v) is 4.56. The van der Waals surface area contributed by atoms with E-state index in [-0.39, 0.29) is 6.04 Å². The van der Waals surface area contributed by atoms with Crippen LogP contribution in [0.25, 0.3) is 0 Å². The summed E-state index contributed by atoms with van der Waals surface area (Å²) in [6, 6.07) is 0.0150. The molecule has 0 saturated heterocycles. The summed E-state index contributed by atoms with van der Waals surface area (Å²) in [4.78, 5) is 7.82. The number of hydrogen-bond donors (Lipinski definition) is 2. The second kappa shape index (κ2) is 4.13. The Labute approximate surface area is 86.1 Å². The number of H-pyrrole nitrogens is 1. The fourth-order valence-electron chi connectivity index (χ4n) is 1.53. The molecule has 1 aromatic rings. The highest BCUT2D eigenvalue weighted by atomic mass is 15.0. The highest BCUT2D eigenvalue weighted by Gasteiger charge is 2.17. The van der Waals surface area contributed by atoms with Crippen molar-refractivity contribution in [3.8, 4) is 0 Å². The van der Waals surface area contributed by atoms with Crippen molar-refractivity contribution in [3.63, 3.8) is 0 Å². The van der Waals surface area contributed by atoms with E-state index in [1.54, 1.807) is 0 Å². The predicted octanol–water partition coefficient (Wildman–Crippen LogP) is 2.50. The number of aromatic nitrogens is 2. The molecule has 0 bridgehead atoms. The van der Waals surface area contributed by atoms with Crippen LogP contribution in [0.5, 0.6) is 0 Å². The number of imidazole rings is 1. The van der Waals surface area contributed by atoms with Crippen molar-refractivity contribution in [1.82, 2.24) is 9.97 Å². The Kier molecular flexibility index (Phi) is 3.32. The molecule has 1 heterocycles. The van der Waals surface area contributed by atoms with Crippen molar-refractivity contribution in [3.05, 3.63) is 17.2 Å². The van der Waals surface area contributed by atoms with Gasteiger partial charge in [0.2, 0.25) is 0 Å². The molecule has 3 nitrogen and oxygen atoms in total. The predicted molar refractivity (Wildman–Crippen MR) is 59.2 cm³/mol. The van der Waals surface area contributed by atoms with Crippen LogP contribution < -0.4 is 5.73 Å². The van der Waals surface area contributed by atoms with Crippen molar-refractivity contribution in [2.45, 2.75) is 46.6 Å². The minimum absolute atomic E-state index is 0.0150. The molecule has 1 unspecified atom stereocenters. The molecule has 0 aliphatic rings. The maximum Gasteiger partial charge on any atom is 0.123 e. The van der Waals surface area contributed by atoms with E-state index < -0.39 is 0 Å². The van der Waals surface area contributed by atoms with Crippen molar-refractivity contribution in [1.29, 1.82) is 0 Å². The summed E-state index contributed by atoms with van der Waals surface area (Å²) in [7, 11) is 0. The van der Waals surface area contributed by atoms with Gasteiger partial charge in [0.25, 0.3) is 0 Å². The Morgan fingerprint density at radius 1 is 1.21 bits per heavy atom. The quantitative estimate of drug-likeness (QED) is 0.778. The van der Waals surface area contributed by atoms with E-state index in [0.717, 1.165) is 17.2 Å². The molecule has 3 N–H and O–H groups in total. The largest absolute Gasteiger partial charge is 0.345 e. The maximum atomic E-state index is 6.03. The zero-order valence-electron chi connectivity index (χ0n) is 9.76. The van der Waals surface area contributed by atoms with Gasteiger partial charge >= 0.3 is 0 Å². The van der Waals surface area contributed by atoms with Crippen LogP contribution in [0.2, 0.25) is 0 Å². The van der Waals surface area contributed by atoms with E-state index in [1.165, 1.54) is 0 Å². The lowest BCUT2D eigenvalue weighted by atomic mass is 10.1. The Balaban J connectivity index is 2.96. The fraction of sp³-hybridized carbons (Fsp3) is 0.727. The standard InChI is InChI=1S/C11H21N3/c1-6(2)9(12)11-13-8(5)10(14-11)7(3)4/h6-7,9H,12H2,1-5H3,(H,13,14). The van der Waals surface area contributed by atoms with E-state index in [0.29, 0.717) is 11.8 Å². The van der Waals surface area contributed by atoms with Gasteiger partial charge < -0.3 is 10.7 Å². The van der Waals surface area contributed by atoms with Crippen molar-refractivity contribution in [2.24, 2.45) is 11.7 Å². The normalized spacial score (nSPS) is 14.0. The first-order valence-electron chi connectivity index (χ1n) is 5.25. The van der Waals surface area contributed by atoms with Gasteiger partial charge in [0, 0.05) is 5.69 Å². The summed E-state index contributed by atoms with van der Waals surface area (Å²) in [6.45, 7) is 10.6. The van der Waals surface area contributed by atoms with Crippen LogP contribution in [0.15, 0.2) is 0 Å². The van der Waals surface area contributed by atoms with E-state index in [1.807, 2.05) is 0 Å². The average Bonchev–Trinajstić information content (AvgIpc) is 2.45. The van der Waals surface area contributed by atoms with Gasteiger partial charge in [0.15, 0.2) is 0 Å². The molecule has 0 amide bonds. The number of hydrogen-bond acceptors (Lipinski definition) is 2. The van der Waals surface area contributed by atoms with Crippen molar-refractivity contribution < 1.29 is 0 Å². The topological polar surface area (TPSA) is 54.7 Å². The van der Waals surface area contributed by atoms with Crippen LogP contribution in [-0.2, 0) is 0 Å². The monoisotopic (exact) mass is 195 g/mol. The van der Waals surface area contributed by atoms with Gasteiger partial charge in [-0.05, 0) is 18.8 Å². The molecule has 0 spiro atoms. The highest BCUT2D eigenvalue weighted by Crippen LogP contribution is 2.21. The zero-order valence-corrected chi connectivity index (χ0v) is 9.76. The van der Waals surface area contributed by atoms with Gasteiger partial charge in [-0.3, -0.25) is 0 Å². The summed E-state index contributed by atoms with van der Waals surface area (Å²) < 4.78 is 0. The van der Waals surface area contributed by atoms with Crippen LogP contribution in [0.4, 0.5) is 0 Å². The van der Waals surface area contributed by atoms with Gasteiger partial charge in [0.05, 0.1) is 11.7 Å². The van der Waals surface area contributed by atoms with E-state index >= 15 is 0 Å². The Morgan fingerprint density at radius 2 is 1.79 bits per heavy atom. The lowest BCUT2D eigenvalue weighted by molar-refractivity contribution is 0.492. The number of aromatic amines is 1. The van der Waals surface area contributed by atoms with Crippen LogP contribution in [0, 0.1) is 12.8 Å². The summed E-state index contributed by atoms with van der Waals surface area (Å²) in [5, 5.41) is 0. The van der Waals surface area contributed by atoms with Gasteiger partial charge in [-0.15, -0.1) is 0 Å². The van der Waals surface area contributed by atoms with E-state index in [9.17, 15) is 0 Å². The smallest absolute Gasteiger partial charge is 0.123 e. The fourth-order valence-corrected chi connectivity index (χ4v) is 1.53. The zero-order chi connectivity index (χ0) is 10.9. The third kappa shape index (κ3) is 2.15. The molecule has 0 aromatic carbocycles. The van der Waals surface area contributed by atoms with Gasteiger partial charge in [0.1, 0.15) is 5.82 Å². The molecule has 0 aliphatic heterocycles. The molecule has 80 valence electrons. The molecule has 0 radical (unpaired) electrons. The third-order valence-electron chi connectivity index (χ3n) is 2.52. The summed E-state index contributed by atoms with van der Waals surface area (Å²) in [6.07, 6.45) is 0. The lowest BCUT2D eigenvalue weighted by Gasteiger charge is -2.12. The first kappa shape index (κ1) is 11.2. The number of rotatable bonds is 3. The lowest BCUT2D eigenvalue weighted by Crippen LogP contribution is -2.18. The number of nitrogens with two attached hydrogens (primary N) is 1. The first-order valence-corrected chi connectivity index (χ1v) is 5.25. The molecule has 0 saturated carbocycles. The Morgan fingerprint density at radius 3 is 2.14 bits per heavy atom. The second-order valence-electron chi connectivity index (χ2n) is 4.56. The van der Waals surface area contributed by atoms with Crippen LogP contribution in [0.3, 0.4) is 0 Å². The van der Waals surface area contributed by atoms with Gasteiger partial charge in [-0.25, -0.2) is 4.98 Å². The summed E-state index contributed by atoms with van der Waals surface area (Å²) in [5.41, 5.74) is 8.31. The van der Waals surface area contributed by atoms with Gasteiger partial charge in [-0.1, -0.05) is 27.7 Å². The molecule has 14 heavy (non-hydrogen) atoms. The van der Waals surface area contributed by atoms with Crippen LogP contribution in [0.1, 0.15) is 56.9 Å². The van der Waals surface area contributed by atoms with E-state index in [4.69, 9.17) is 5.73 Å². The van der Waals surface area contributed by atoms with Crippen LogP contribution in [-0.4, -0.2) is 9.97 Å². The third-order valence-corrected chi connectivity index (χ3v) is 2.52. The number of nitrogens with one attached hydrogen (secondary N) is 1. The molecule has 1 atom stereocenters. The van der Waals surface area contributed by atoms with Crippen LogP contribution >= 0.6 is 0 Å². The van der Waals surface area contributed by atoms with Gasteiger partial charge in [-0.2, -0.15) is 0 Å². The molecule has 1 rings (SSSR count). The molecular formula is C11H21N3. The summed E-state index contributed by atoms with van der Waals surface area (Å²) in [5.74, 6) is 1.79. The molecular weight excluding hydrogens is 174 g/mol. The molecule has 1 aromatic heterocycles. The average molecular weight is 195 g/mol. The summed E-state index contributed by atoms with van der Waals surface area (Å²) >= 11 is 0. The van der Waals surface area contributed by atoms with E-state index in [2.05, 4.69) is 44.6 Å². The minimum Gasteiger partial charge on any atom is -0.345 e. The first-order chi connectivity index (χ1) is 6.43. The number of aryl methyl sites for hydroxylation is 1. The molecule has 3 heteroatoms. The minimum atomic E-state index is 0.0150. The molecule has 0 aliphatic carbocycles. The maximum absolute atomic E-state index is 6.03. The highest BCUT2D eigenvalue weighted by molar-refractivity contribution is 5.18. The van der Waals surface area contributed by atoms with Crippen molar-refractivity contribution >= 4 is 0 Å². The SMILES string of the molecule is Cc1[nH]c(C(N)C(C)C)nc1C(C)C. The van der Waals surface area contributed by atoms with Crippen molar-refractivity contribution in [2.75, 3.05) is 0 Å². The Hall–Kier alpha value is -0.830. The Bertz CT molecular complexity index is 299.